The summed E-state index contributed by atoms with van der Waals surface area (Å²) in [5.41, 5.74) is 0. The Morgan fingerprint density at radius 1 is 1.62 bits per heavy atom. The molecule has 13 heavy (non-hydrogen) atoms. The van der Waals surface area contributed by atoms with Crippen molar-refractivity contribution >= 4 is 11.3 Å². The fourth-order valence-electron chi connectivity index (χ4n) is 1.15. The third-order valence-corrected chi connectivity index (χ3v) is 2.71. The molecule has 0 saturated carbocycles. The molecular formula is C10H17NOS. The van der Waals surface area contributed by atoms with Crippen LogP contribution in [0.25, 0.3) is 0 Å². The van der Waals surface area contributed by atoms with E-state index in [1.807, 2.05) is 24.6 Å². The van der Waals surface area contributed by atoms with Crippen molar-refractivity contribution in [2.24, 2.45) is 0 Å². The summed E-state index contributed by atoms with van der Waals surface area (Å²) in [7, 11) is 1.97. The summed E-state index contributed by atoms with van der Waals surface area (Å²) in [6, 6.07) is 4.04. The first-order chi connectivity index (χ1) is 6.36. The Kier molecular flexibility index (Phi) is 4.86. The van der Waals surface area contributed by atoms with E-state index < -0.39 is 0 Å². The zero-order chi connectivity index (χ0) is 9.52. The van der Waals surface area contributed by atoms with Crippen molar-refractivity contribution in [3.63, 3.8) is 0 Å². The lowest BCUT2D eigenvalue weighted by Gasteiger charge is -2.15. The van der Waals surface area contributed by atoms with Crippen LogP contribution in [-0.2, 0) is 0 Å². The van der Waals surface area contributed by atoms with Gasteiger partial charge in [-0.25, -0.2) is 0 Å². The molecule has 0 fully saturated rings. The molecule has 0 aromatic carbocycles. The fraction of sp³-hybridized carbons (Fsp3) is 0.600. The van der Waals surface area contributed by atoms with E-state index in [0.717, 1.165) is 24.4 Å². The number of nitrogens with one attached hydrogen (secondary N) is 1. The Hall–Kier alpha value is -0.540. The molecule has 74 valence electrons. The Morgan fingerprint density at radius 2 is 2.46 bits per heavy atom. The molecule has 1 rings (SSSR count). The average Bonchev–Trinajstić information content (AvgIpc) is 2.64. The van der Waals surface area contributed by atoms with Crippen LogP contribution in [0.15, 0.2) is 17.5 Å². The van der Waals surface area contributed by atoms with Gasteiger partial charge in [0.2, 0.25) is 0 Å². The molecule has 2 nitrogen and oxygen atoms in total. The first kappa shape index (κ1) is 10.5. The van der Waals surface area contributed by atoms with Crippen molar-refractivity contribution < 1.29 is 4.74 Å². The van der Waals surface area contributed by atoms with E-state index in [-0.39, 0.29) is 0 Å². The summed E-state index contributed by atoms with van der Waals surface area (Å²) in [5, 5.41) is 6.21. The summed E-state index contributed by atoms with van der Waals surface area (Å²) in [6.07, 6.45) is 2.50. The number of thiophene rings is 1. The second kappa shape index (κ2) is 6.00. The minimum absolute atomic E-state index is 0.353. The lowest BCUT2D eigenvalue weighted by Crippen LogP contribution is -2.21. The maximum absolute atomic E-state index is 5.78. The van der Waals surface area contributed by atoms with Gasteiger partial charge in [0.25, 0.3) is 0 Å². The molecular weight excluding hydrogens is 182 g/mol. The smallest absolute Gasteiger partial charge is 0.174 e. The van der Waals surface area contributed by atoms with Crippen molar-refractivity contribution in [2.45, 2.75) is 25.9 Å². The standard InChI is InChI=1S/C10H17NOS/c1-3-9(6-7-11-2)12-10-5-4-8-13-10/h4-5,8-9,11H,3,6-7H2,1-2H3. The first-order valence-corrected chi connectivity index (χ1v) is 5.59. The topological polar surface area (TPSA) is 21.3 Å². The molecule has 0 aliphatic carbocycles. The van der Waals surface area contributed by atoms with Crippen molar-refractivity contribution in [3.05, 3.63) is 17.5 Å². The molecule has 0 amide bonds. The zero-order valence-electron chi connectivity index (χ0n) is 8.25. The molecule has 1 aromatic heterocycles. The molecule has 0 saturated heterocycles. The highest BCUT2D eigenvalue weighted by molar-refractivity contribution is 7.11. The predicted octanol–water partition coefficient (Wildman–Crippen LogP) is 2.52. The second-order valence-corrected chi connectivity index (χ2v) is 3.88. The van der Waals surface area contributed by atoms with Gasteiger partial charge in [-0.3, -0.25) is 0 Å². The van der Waals surface area contributed by atoms with E-state index >= 15 is 0 Å². The number of hydrogen-bond donors (Lipinski definition) is 1. The average molecular weight is 199 g/mol. The minimum atomic E-state index is 0.353. The Balaban J connectivity index is 2.31. The summed E-state index contributed by atoms with van der Waals surface area (Å²) in [4.78, 5) is 0. The number of ether oxygens (including phenoxy) is 1. The van der Waals surface area contributed by atoms with Crippen molar-refractivity contribution in [1.29, 1.82) is 0 Å². The molecule has 1 aromatic rings. The molecule has 0 bridgehead atoms. The summed E-state index contributed by atoms with van der Waals surface area (Å²) in [5.74, 6) is 0. The Labute approximate surface area is 83.9 Å². The monoisotopic (exact) mass is 199 g/mol. The van der Waals surface area contributed by atoms with E-state index in [9.17, 15) is 0 Å². The lowest BCUT2D eigenvalue weighted by molar-refractivity contribution is 0.193. The Bertz CT molecular complexity index is 211. The van der Waals surface area contributed by atoms with Gasteiger partial charge in [0, 0.05) is 0 Å². The molecule has 0 aliphatic rings. The molecule has 0 radical (unpaired) electrons. The van der Waals surface area contributed by atoms with Gasteiger partial charge >= 0.3 is 0 Å². The molecule has 1 heterocycles. The molecule has 3 heteroatoms. The van der Waals surface area contributed by atoms with Crippen LogP contribution >= 0.6 is 11.3 Å². The van der Waals surface area contributed by atoms with Gasteiger partial charge in [-0.1, -0.05) is 6.92 Å². The van der Waals surface area contributed by atoms with Gasteiger partial charge in [-0.15, -0.1) is 11.3 Å². The molecule has 1 N–H and O–H groups in total. The van der Waals surface area contributed by atoms with Gasteiger partial charge in [0.1, 0.15) is 6.10 Å². The molecule has 1 atom stereocenters. The second-order valence-electron chi connectivity index (χ2n) is 2.97. The molecule has 0 spiro atoms. The summed E-state index contributed by atoms with van der Waals surface area (Å²) >= 11 is 1.66. The van der Waals surface area contributed by atoms with E-state index in [1.54, 1.807) is 11.3 Å². The van der Waals surface area contributed by atoms with Gasteiger partial charge in [0.05, 0.1) is 0 Å². The maximum Gasteiger partial charge on any atom is 0.174 e. The third kappa shape index (κ3) is 3.79. The van der Waals surface area contributed by atoms with Crippen LogP contribution in [0.1, 0.15) is 19.8 Å². The predicted molar refractivity (Wildman–Crippen MR) is 57.6 cm³/mol. The highest BCUT2D eigenvalue weighted by Gasteiger charge is 2.07. The minimum Gasteiger partial charge on any atom is -0.481 e. The van der Waals surface area contributed by atoms with Crippen LogP contribution in [0.2, 0.25) is 0 Å². The van der Waals surface area contributed by atoms with Gasteiger partial charge in [-0.05, 0) is 43.9 Å². The Morgan fingerprint density at radius 3 is 3.00 bits per heavy atom. The maximum atomic E-state index is 5.78. The van der Waals surface area contributed by atoms with E-state index in [2.05, 4.69) is 12.2 Å². The van der Waals surface area contributed by atoms with E-state index in [0.29, 0.717) is 6.10 Å². The van der Waals surface area contributed by atoms with Crippen LogP contribution < -0.4 is 10.1 Å². The quantitative estimate of drug-likeness (QED) is 0.760. The van der Waals surface area contributed by atoms with Crippen LogP contribution in [-0.4, -0.2) is 19.7 Å². The van der Waals surface area contributed by atoms with Crippen LogP contribution in [0.3, 0.4) is 0 Å². The van der Waals surface area contributed by atoms with Gasteiger partial charge in [-0.2, -0.15) is 0 Å². The van der Waals surface area contributed by atoms with E-state index in [1.165, 1.54) is 0 Å². The van der Waals surface area contributed by atoms with Gasteiger partial charge in [0.15, 0.2) is 5.06 Å². The normalized spacial score (nSPS) is 12.8. The van der Waals surface area contributed by atoms with Crippen LogP contribution in [0.4, 0.5) is 0 Å². The SMILES string of the molecule is CCC(CCNC)Oc1cccs1. The van der Waals surface area contributed by atoms with Crippen molar-refractivity contribution in [3.8, 4) is 5.06 Å². The fourth-order valence-corrected chi connectivity index (χ4v) is 1.79. The van der Waals surface area contributed by atoms with Gasteiger partial charge < -0.3 is 10.1 Å². The highest BCUT2D eigenvalue weighted by atomic mass is 32.1. The number of hydrogen-bond acceptors (Lipinski definition) is 3. The lowest BCUT2D eigenvalue weighted by atomic mass is 10.2. The third-order valence-electron chi connectivity index (χ3n) is 1.95. The summed E-state index contributed by atoms with van der Waals surface area (Å²) in [6.45, 7) is 3.18. The zero-order valence-corrected chi connectivity index (χ0v) is 9.06. The van der Waals surface area contributed by atoms with Crippen molar-refractivity contribution in [2.75, 3.05) is 13.6 Å². The molecule has 1 unspecified atom stereocenters. The van der Waals surface area contributed by atoms with Crippen LogP contribution in [0, 0.1) is 0 Å². The van der Waals surface area contributed by atoms with Crippen molar-refractivity contribution in [1.82, 2.24) is 5.32 Å². The number of rotatable bonds is 6. The first-order valence-electron chi connectivity index (χ1n) is 4.71. The molecule has 0 aliphatic heterocycles. The van der Waals surface area contributed by atoms with E-state index in [4.69, 9.17) is 4.74 Å². The van der Waals surface area contributed by atoms with Crippen LogP contribution in [0.5, 0.6) is 5.06 Å². The largest absolute Gasteiger partial charge is 0.481 e. The summed E-state index contributed by atoms with van der Waals surface area (Å²) < 4.78 is 5.78. The highest BCUT2D eigenvalue weighted by Crippen LogP contribution is 2.21.